The molecule has 0 bridgehead atoms. The number of ether oxygens (including phenoxy) is 1. The second-order valence-corrected chi connectivity index (χ2v) is 7.24. The summed E-state index contributed by atoms with van der Waals surface area (Å²) >= 11 is 0. The van der Waals surface area contributed by atoms with E-state index in [-0.39, 0.29) is 11.8 Å². The summed E-state index contributed by atoms with van der Waals surface area (Å²) < 4.78 is 5.68. The fourth-order valence-corrected chi connectivity index (χ4v) is 3.06. The molecule has 0 radical (unpaired) electrons. The van der Waals surface area contributed by atoms with Crippen molar-refractivity contribution in [2.24, 2.45) is 0 Å². The molecule has 0 aliphatic rings. The van der Waals surface area contributed by atoms with Crippen LogP contribution in [0.15, 0.2) is 54.6 Å². The van der Waals surface area contributed by atoms with Gasteiger partial charge in [-0.25, -0.2) is 0 Å². The number of benzene rings is 2. The number of nitrogens with zero attached hydrogens (tertiary/aromatic N) is 1. The van der Waals surface area contributed by atoms with Gasteiger partial charge in [-0.3, -0.25) is 9.59 Å². The molecule has 2 aromatic rings. The maximum absolute atomic E-state index is 13.0. The largest absolute Gasteiger partial charge is 0.494 e. The number of carbonyl (C=O) groups is 2. The quantitative estimate of drug-likeness (QED) is 0.582. The number of rotatable bonds is 11. The molecule has 1 atom stereocenters. The van der Waals surface area contributed by atoms with Crippen molar-refractivity contribution in [2.75, 3.05) is 13.2 Å². The van der Waals surface area contributed by atoms with Gasteiger partial charge in [-0.15, -0.1) is 0 Å². The Balaban J connectivity index is 1.98. The summed E-state index contributed by atoms with van der Waals surface area (Å²) in [6, 6.07) is 17.1. The van der Waals surface area contributed by atoms with E-state index in [1.165, 1.54) is 0 Å². The van der Waals surface area contributed by atoms with Crippen LogP contribution in [0.4, 0.5) is 0 Å². The molecule has 2 amide bonds. The summed E-state index contributed by atoms with van der Waals surface area (Å²) in [6.07, 6.45) is 1.80. The number of hydrogen-bond donors (Lipinski definition) is 1. The molecule has 0 aliphatic heterocycles. The van der Waals surface area contributed by atoms with Gasteiger partial charge in [0.2, 0.25) is 11.8 Å². The van der Waals surface area contributed by atoms with Crippen molar-refractivity contribution in [2.45, 2.75) is 52.6 Å². The second-order valence-electron chi connectivity index (χ2n) is 7.24. The molecule has 5 nitrogen and oxygen atoms in total. The van der Waals surface area contributed by atoms with Crippen molar-refractivity contribution in [3.05, 3.63) is 65.7 Å². The van der Waals surface area contributed by atoms with E-state index in [2.05, 4.69) is 11.4 Å². The van der Waals surface area contributed by atoms with Crippen molar-refractivity contribution in [1.82, 2.24) is 10.2 Å². The first-order chi connectivity index (χ1) is 14.0. The molecule has 5 heteroatoms. The van der Waals surface area contributed by atoms with Crippen molar-refractivity contribution >= 4 is 11.8 Å². The maximum atomic E-state index is 13.0. The first kappa shape index (κ1) is 22.5. The zero-order valence-corrected chi connectivity index (χ0v) is 17.7. The molecule has 0 fully saturated rings. The van der Waals surface area contributed by atoms with Gasteiger partial charge >= 0.3 is 0 Å². The van der Waals surface area contributed by atoms with Crippen LogP contribution in [-0.4, -0.2) is 35.9 Å². The van der Waals surface area contributed by atoms with Crippen LogP contribution in [0.2, 0.25) is 0 Å². The van der Waals surface area contributed by atoms with Crippen LogP contribution in [-0.2, 0) is 16.1 Å². The lowest BCUT2D eigenvalue weighted by Crippen LogP contribution is -2.47. The Morgan fingerprint density at radius 3 is 2.55 bits per heavy atom. The highest BCUT2D eigenvalue weighted by Gasteiger charge is 2.25. The van der Waals surface area contributed by atoms with Crippen molar-refractivity contribution in [3.63, 3.8) is 0 Å². The number of amides is 2. The Labute approximate surface area is 174 Å². The predicted molar refractivity (Wildman–Crippen MR) is 116 cm³/mol. The van der Waals surface area contributed by atoms with Gasteiger partial charge in [0.15, 0.2) is 0 Å². The molecule has 2 aromatic carbocycles. The van der Waals surface area contributed by atoms with E-state index in [4.69, 9.17) is 4.74 Å². The molecule has 1 N–H and O–H groups in total. The van der Waals surface area contributed by atoms with Crippen molar-refractivity contribution in [3.8, 4) is 5.75 Å². The lowest BCUT2D eigenvalue weighted by atomic mass is 10.1. The van der Waals surface area contributed by atoms with Gasteiger partial charge in [-0.2, -0.15) is 0 Å². The predicted octanol–water partition coefficient (Wildman–Crippen LogP) is 4.10. The molecular formula is C24H32N2O3. The summed E-state index contributed by atoms with van der Waals surface area (Å²) in [5.74, 6) is 0.639. The minimum Gasteiger partial charge on any atom is -0.494 e. The molecule has 0 saturated heterocycles. The fourth-order valence-electron chi connectivity index (χ4n) is 3.06. The third-order valence-corrected chi connectivity index (χ3v) is 4.70. The summed E-state index contributed by atoms with van der Waals surface area (Å²) in [6.45, 7) is 7.31. The van der Waals surface area contributed by atoms with Crippen LogP contribution in [0.25, 0.3) is 0 Å². The van der Waals surface area contributed by atoms with Crippen LogP contribution in [0.3, 0.4) is 0 Å². The molecule has 0 heterocycles. The molecule has 156 valence electrons. The maximum Gasteiger partial charge on any atom is 0.242 e. The molecule has 0 spiro atoms. The lowest BCUT2D eigenvalue weighted by Gasteiger charge is -2.29. The number of carbonyl (C=O) groups excluding carboxylic acids is 2. The first-order valence-electron chi connectivity index (χ1n) is 10.3. The summed E-state index contributed by atoms with van der Waals surface area (Å²) in [5, 5.41) is 2.90. The molecule has 29 heavy (non-hydrogen) atoms. The average Bonchev–Trinajstić information content (AvgIpc) is 2.73. The Kier molecular flexibility index (Phi) is 9.22. The third-order valence-electron chi connectivity index (χ3n) is 4.70. The Morgan fingerprint density at radius 2 is 1.86 bits per heavy atom. The van der Waals surface area contributed by atoms with Gasteiger partial charge in [0.05, 0.1) is 6.61 Å². The summed E-state index contributed by atoms with van der Waals surface area (Å²) in [5.41, 5.74) is 2.16. The van der Waals surface area contributed by atoms with E-state index < -0.39 is 6.04 Å². The highest BCUT2D eigenvalue weighted by Crippen LogP contribution is 2.14. The standard InChI is InChI=1S/C24H32N2O3/c1-4-15-25-24(28)20(3)26(18-21-11-8-10-19(2)17-21)23(27)14-9-16-29-22-12-6-5-7-13-22/h5-8,10-13,17,20H,4,9,14-16,18H2,1-3H3,(H,25,28). The zero-order valence-electron chi connectivity index (χ0n) is 17.7. The molecular weight excluding hydrogens is 364 g/mol. The van der Waals surface area contributed by atoms with Gasteiger partial charge in [-0.1, -0.05) is 55.0 Å². The smallest absolute Gasteiger partial charge is 0.242 e. The number of nitrogens with one attached hydrogen (secondary N) is 1. The summed E-state index contributed by atoms with van der Waals surface area (Å²) in [7, 11) is 0. The highest BCUT2D eigenvalue weighted by molar-refractivity contribution is 5.87. The average molecular weight is 397 g/mol. The first-order valence-corrected chi connectivity index (χ1v) is 10.3. The van der Waals surface area contributed by atoms with Crippen molar-refractivity contribution < 1.29 is 14.3 Å². The molecule has 2 rings (SSSR count). The Hall–Kier alpha value is -2.82. The molecule has 0 saturated carbocycles. The minimum absolute atomic E-state index is 0.0395. The van der Waals surface area contributed by atoms with Crippen LogP contribution in [0.1, 0.15) is 44.2 Å². The van der Waals surface area contributed by atoms with Crippen LogP contribution in [0.5, 0.6) is 5.75 Å². The normalized spacial score (nSPS) is 11.6. The van der Waals surface area contributed by atoms with E-state index >= 15 is 0 Å². The van der Waals surface area contributed by atoms with E-state index in [1.54, 1.807) is 11.8 Å². The van der Waals surface area contributed by atoms with Gasteiger partial charge in [0.25, 0.3) is 0 Å². The Morgan fingerprint density at radius 1 is 1.10 bits per heavy atom. The third kappa shape index (κ3) is 7.60. The number of para-hydroxylation sites is 1. The van der Waals surface area contributed by atoms with Gasteiger partial charge in [0, 0.05) is 19.5 Å². The summed E-state index contributed by atoms with van der Waals surface area (Å²) in [4.78, 5) is 27.1. The SMILES string of the molecule is CCCNC(=O)C(C)N(Cc1cccc(C)c1)C(=O)CCCOc1ccccc1. The molecule has 0 aliphatic carbocycles. The van der Waals surface area contributed by atoms with Gasteiger partial charge in [0.1, 0.15) is 11.8 Å². The van der Waals surface area contributed by atoms with E-state index in [1.807, 2.05) is 62.4 Å². The highest BCUT2D eigenvalue weighted by atomic mass is 16.5. The second kappa shape index (κ2) is 11.9. The van der Waals surface area contributed by atoms with Crippen molar-refractivity contribution in [1.29, 1.82) is 0 Å². The van der Waals surface area contributed by atoms with Crippen LogP contribution in [0, 0.1) is 6.92 Å². The Bertz CT molecular complexity index is 777. The monoisotopic (exact) mass is 396 g/mol. The number of aryl methyl sites for hydroxylation is 1. The van der Waals surface area contributed by atoms with E-state index in [9.17, 15) is 9.59 Å². The van der Waals surface area contributed by atoms with Gasteiger partial charge in [-0.05, 0) is 44.4 Å². The topological polar surface area (TPSA) is 58.6 Å². The van der Waals surface area contributed by atoms with E-state index in [0.29, 0.717) is 32.5 Å². The molecule has 0 aromatic heterocycles. The minimum atomic E-state index is -0.524. The fraction of sp³-hybridized carbons (Fsp3) is 0.417. The van der Waals surface area contributed by atoms with Crippen LogP contribution >= 0.6 is 0 Å². The lowest BCUT2D eigenvalue weighted by molar-refractivity contribution is -0.140. The zero-order chi connectivity index (χ0) is 21.1. The van der Waals surface area contributed by atoms with Crippen LogP contribution < -0.4 is 10.1 Å². The van der Waals surface area contributed by atoms with E-state index in [0.717, 1.165) is 23.3 Å². The number of hydrogen-bond acceptors (Lipinski definition) is 3. The molecule has 1 unspecified atom stereocenters. The van der Waals surface area contributed by atoms with Gasteiger partial charge < -0.3 is 15.0 Å².